The predicted octanol–water partition coefficient (Wildman–Crippen LogP) is 3.08. The number of esters is 1. The van der Waals surface area contributed by atoms with Crippen LogP contribution < -0.4 is 10.6 Å². The molecule has 2 aromatic rings. The molecule has 0 unspecified atom stereocenters. The van der Waals surface area contributed by atoms with Gasteiger partial charge in [-0.05, 0) is 38.3 Å². The van der Waals surface area contributed by atoms with E-state index in [0.29, 0.717) is 12.1 Å². The molecular weight excluding hydrogens is 370 g/mol. The van der Waals surface area contributed by atoms with Gasteiger partial charge >= 0.3 is 12.0 Å². The zero-order valence-electron chi connectivity index (χ0n) is 16.9. The fourth-order valence-corrected chi connectivity index (χ4v) is 3.68. The molecule has 7 nitrogen and oxygen atoms in total. The summed E-state index contributed by atoms with van der Waals surface area (Å²) in [7, 11) is 0. The minimum atomic E-state index is -0.646. The number of hydrogen-bond acceptors (Lipinski definition) is 4. The van der Waals surface area contributed by atoms with Crippen LogP contribution in [0.3, 0.4) is 0 Å². The number of urea groups is 1. The van der Waals surface area contributed by atoms with Gasteiger partial charge in [-0.25, -0.2) is 9.59 Å². The molecule has 29 heavy (non-hydrogen) atoms. The van der Waals surface area contributed by atoms with Crippen LogP contribution >= 0.6 is 0 Å². The van der Waals surface area contributed by atoms with E-state index < -0.39 is 24.5 Å². The van der Waals surface area contributed by atoms with Gasteiger partial charge in [0.05, 0.1) is 5.56 Å². The van der Waals surface area contributed by atoms with Crippen molar-refractivity contribution in [1.82, 2.24) is 15.2 Å². The van der Waals surface area contributed by atoms with Crippen LogP contribution in [0, 0.1) is 13.8 Å². The van der Waals surface area contributed by atoms with Crippen molar-refractivity contribution >= 4 is 17.9 Å². The lowest BCUT2D eigenvalue weighted by Crippen LogP contribution is -2.45. The molecule has 0 atom stereocenters. The van der Waals surface area contributed by atoms with Gasteiger partial charge < -0.3 is 14.6 Å². The molecular formula is C22H27N3O4. The Morgan fingerprint density at radius 1 is 1.10 bits per heavy atom. The first-order valence-corrected chi connectivity index (χ1v) is 9.92. The van der Waals surface area contributed by atoms with Crippen LogP contribution in [0.4, 0.5) is 4.79 Å². The van der Waals surface area contributed by atoms with Gasteiger partial charge in [-0.1, -0.05) is 43.2 Å². The van der Waals surface area contributed by atoms with E-state index in [0.717, 1.165) is 42.6 Å². The summed E-state index contributed by atoms with van der Waals surface area (Å²) in [4.78, 5) is 36.2. The molecule has 0 spiro atoms. The quantitative estimate of drug-likeness (QED) is 0.733. The van der Waals surface area contributed by atoms with Gasteiger partial charge in [0.2, 0.25) is 0 Å². The number of ether oxygens (including phenoxy) is 1. The van der Waals surface area contributed by atoms with E-state index in [1.54, 1.807) is 6.07 Å². The van der Waals surface area contributed by atoms with Crippen LogP contribution in [0.2, 0.25) is 0 Å². The number of hydrogen-bond donors (Lipinski definition) is 2. The first-order valence-electron chi connectivity index (χ1n) is 9.92. The average molecular weight is 397 g/mol. The van der Waals surface area contributed by atoms with Gasteiger partial charge in [-0.15, -0.1) is 0 Å². The Labute approximate surface area is 170 Å². The Bertz CT molecular complexity index is 883. The fraction of sp³-hybridized carbons (Fsp3) is 0.409. The molecule has 2 N–H and O–H groups in total. The number of carbonyl (C=O) groups is 3. The zero-order valence-corrected chi connectivity index (χ0v) is 16.9. The molecule has 1 fully saturated rings. The fourth-order valence-electron chi connectivity index (χ4n) is 3.68. The van der Waals surface area contributed by atoms with Crippen LogP contribution in [0.25, 0.3) is 0 Å². The molecule has 1 heterocycles. The topological polar surface area (TPSA) is 89.4 Å². The van der Waals surface area contributed by atoms with Gasteiger partial charge in [-0.2, -0.15) is 0 Å². The highest BCUT2D eigenvalue weighted by atomic mass is 16.5. The summed E-state index contributed by atoms with van der Waals surface area (Å²) in [5, 5.41) is 4.96. The Morgan fingerprint density at radius 3 is 2.48 bits per heavy atom. The number of aromatic nitrogens is 1. The van der Waals surface area contributed by atoms with Crippen molar-refractivity contribution in [2.24, 2.45) is 0 Å². The summed E-state index contributed by atoms with van der Waals surface area (Å²) >= 11 is 0. The summed E-state index contributed by atoms with van der Waals surface area (Å²) in [6.07, 6.45) is 4.02. The summed E-state index contributed by atoms with van der Waals surface area (Å²) in [5.41, 5.74) is 3.25. The summed E-state index contributed by atoms with van der Waals surface area (Å²) in [6, 6.07) is 11.3. The van der Waals surface area contributed by atoms with E-state index in [4.69, 9.17) is 4.74 Å². The lowest BCUT2D eigenvalue weighted by atomic mass is 10.2. The molecule has 0 aliphatic heterocycles. The van der Waals surface area contributed by atoms with Crippen molar-refractivity contribution in [3.63, 3.8) is 0 Å². The number of imide groups is 1. The average Bonchev–Trinajstić information content (AvgIpc) is 3.30. The van der Waals surface area contributed by atoms with Crippen molar-refractivity contribution in [3.05, 3.63) is 58.9 Å². The van der Waals surface area contributed by atoms with Crippen LogP contribution in [0.5, 0.6) is 0 Å². The standard InChI is InChI=1S/C22H27N3O4/c1-15-12-19(16(2)25(15)13-17-8-4-3-5-9-17)21(27)29-14-20(26)24-22(28)23-18-10-6-7-11-18/h3-5,8-9,12,18H,6-7,10-11,13-14H2,1-2H3,(H2,23,24,26,28). The number of amides is 3. The minimum absolute atomic E-state index is 0.111. The molecule has 1 aliphatic rings. The summed E-state index contributed by atoms with van der Waals surface area (Å²) < 4.78 is 7.14. The number of rotatable bonds is 6. The maximum Gasteiger partial charge on any atom is 0.340 e. The Balaban J connectivity index is 1.53. The Hall–Kier alpha value is -3.09. The van der Waals surface area contributed by atoms with E-state index in [-0.39, 0.29) is 6.04 Å². The second-order valence-corrected chi connectivity index (χ2v) is 7.44. The van der Waals surface area contributed by atoms with Crippen molar-refractivity contribution in [1.29, 1.82) is 0 Å². The lowest BCUT2D eigenvalue weighted by Gasteiger charge is -2.12. The van der Waals surface area contributed by atoms with E-state index in [9.17, 15) is 14.4 Å². The van der Waals surface area contributed by atoms with Crippen LogP contribution in [0.1, 0.15) is 53.0 Å². The van der Waals surface area contributed by atoms with E-state index >= 15 is 0 Å². The molecule has 7 heteroatoms. The maximum atomic E-state index is 12.4. The predicted molar refractivity (Wildman–Crippen MR) is 109 cm³/mol. The normalized spacial score (nSPS) is 13.9. The molecule has 3 rings (SSSR count). The zero-order chi connectivity index (χ0) is 20.8. The first-order chi connectivity index (χ1) is 13.9. The van der Waals surface area contributed by atoms with Gasteiger partial charge in [0, 0.05) is 24.0 Å². The maximum absolute atomic E-state index is 12.4. The second kappa shape index (κ2) is 9.41. The number of nitrogens with one attached hydrogen (secondary N) is 2. The smallest absolute Gasteiger partial charge is 0.340 e. The largest absolute Gasteiger partial charge is 0.452 e. The third-order valence-electron chi connectivity index (χ3n) is 5.25. The molecule has 0 bridgehead atoms. The summed E-state index contributed by atoms with van der Waals surface area (Å²) in [5.74, 6) is -1.23. The van der Waals surface area contributed by atoms with Gasteiger partial charge in [0.25, 0.3) is 5.91 Å². The minimum Gasteiger partial charge on any atom is -0.452 e. The van der Waals surface area contributed by atoms with E-state index in [1.165, 1.54) is 0 Å². The lowest BCUT2D eigenvalue weighted by molar-refractivity contribution is -0.123. The van der Waals surface area contributed by atoms with Crippen LogP contribution in [-0.4, -0.2) is 35.1 Å². The van der Waals surface area contributed by atoms with Gasteiger partial charge in [0.1, 0.15) is 0 Å². The number of nitrogens with zero attached hydrogens (tertiary/aromatic N) is 1. The number of benzene rings is 1. The first kappa shape index (κ1) is 20.6. The highest BCUT2D eigenvalue weighted by molar-refractivity contribution is 5.97. The number of aryl methyl sites for hydroxylation is 1. The Kier molecular flexibility index (Phi) is 6.69. The van der Waals surface area contributed by atoms with Crippen LogP contribution in [-0.2, 0) is 16.1 Å². The Morgan fingerprint density at radius 2 is 1.79 bits per heavy atom. The van der Waals surface area contributed by atoms with E-state index in [2.05, 4.69) is 10.6 Å². The molecule has 1 aromatic heterocycles. The third-order valence-corrected chi connectivity index (χ3v) is 5.25. The SMILES string of the molecule is Cc1cc(C(=O)OCC(=O)NC(=O)NC2CCCC2)c(C)n1Cc1ccccc1. The molecule has 154 valence electrons. The van der Waals surface area contributed by atoms with Crippen molar-refractivity contribution in [2.75, 3.05) is 6.61 Å². The van der Waals surface area contributed by atoms with Crippen molar-refractivity contribution < 1.29 is 19.1 Å². The highest BCUT2D eigenvalue weighted by Gasteiger charge is 2.20. The van der Waals surface area contributed by atoms with Crippen molar-refractivity contribution in [2.45, 2.75) is 52.1 Å². The molecule has 1 aliphatic carbocycles. The molecule has 1 saturated carbocycles. The number of carbonyl (C=O) groups excluding carboxylic acids is 3. The van der Waals surface area contributed by atoms with Crippen LogP contribution in [0.15, 0.2) is 36.4 Å². The molecule has 3 amide bonds. The second-order valence-electron chi connectivity index (χ2n) is 7.44. The molecule has 0 saturated heterocycles. The monoisotopic (exact) mass is 397 g/mol. The summed E-state index contributed by atoms with van der Waals surface area (Å²) in [6.45, 7) is 3.92. The molecule has 1 aromatic carbocycles. The van der Waals surface area contributed by atoms with Gasteiger partial charge in [0.15, 0.2) is 6.61 Å². The van der Waals surface area contributed by atoms with Gasteiger partial charge in [-0.3, -0.25) is 10.1 Å². The van der Waals surface area contributed by atoms with Crippen molar-refractivity contribution in [3.8, 4) is 0 Å². The highest BCUT2D eigenvalue weighted by Crippen LogP contribution is 2.18. The third kappa shape index (κ3) is 5.47. The molecule has 0 radical (unpaired) electrons. The van der Waals surface area contributed by atoms with E-state index in [1.807, 2.05) is 48.7 Å².